The highest BCUT2D eigenvalue weighted by Crippen LogP contribution is 2.31. The van der Waals surface area contributed by atoms with Gasteiger partial charge in [0.1, 0.15) is 5.71 Å². The molecule has 0 radical (unpaired) electrons. The summed E-state index contributed by atoms with van der Waals surface area (Å²) in [4.78, 5) is 23.8. The molecule has 7 nitrogen and oxygen atoms in total. The van der Waals surface area contributed by atoms with Crippen molar-refractivity contribution in [1.82, 2.24) is 5.01 Å². The first kappa shape index (κ1) is 18.8. The Morgan fingerprint density at radius 1 is 1.16 bits per heavy atom. The van der Waals surface area contributed by atoms with E-state index in [-0.39, 0.29) is 18.2 Å². The van der Waals surface area contributed by atoms with Crippen molar-refractivity contribution in [3.05, 3.63) is 18.2 Å². The van der Waals surface area contributed by atoms with E-state index in [0.29, 0.717) is 42.5 Å². The summed E-state index contributed by atoms with van der Waals surface area (Å²) in [5.41, 5.74) is 0.937. The summed E-state index contributed by atoms with van der Waals surface area (Å²) in [5.74, 6) is 0.854. The maximum Gasteiger partial charge on any atom is 0.271 e. The first-order valence-corrected chi connectivity index (χ1v) is 8.60. The molecule has 25 heavy (non-hydrogen) atoms. The lowest BCUT2D eigenvalue weighted by Crippen LogP contribution is -2.34. The normalized spacial score (nSPS) is 14.1. The Hall–Kier alpha value is -2.57. The first-order chi connectivity index (χ1) is 12.0. The van der Waals surface area contributed by atoms with E-state index in [0.717, 1.165) is 12.8 Å². The third-order valence-electron chi connectivity index (χ3n) is 3.59. The Kier molecular flexibility index (Phi) is 6.80. The molecule has 136 valence electrons. The Bertz CT molecular complexity index is 658. The largest absolute Gasteiger partial charge is 0.490 e. The van der Waals surface area contributed by atoms with E-state index in [9.17, 15) is 9.59 Å². The number of hydrazone groups is 1. The molecule has 0 atom stereocenters. The van der Waals surface area contributed by atoms with Crippen LogP contribution in [-0.2, 0) is 9.59 Å². The maximum absolute atomic E-state index is 12.4. The van der Waals surface area contributed by atoms with Crippen LogP contribution in [0.1, 0.15) is 39.5 Å². The fourth-order valence-electron chi connectivity index (χ4n) is 2.28. The van der Waals surface area contributed by atoms with Crippen molar-refractivity contribution in [2.75, 3.05) is 25.6 Å². The standard InChI is InChI=1S/C18H25N3O4/c1-4-10-24-15-8-6-13(12-16(15)25-11-5-2)19-18(23)14-7-9-17(22)21(3)20-14/h6,8,12H,4-5,7,9-11H2,1-3H3,(H,19,23). The highest BCUT2D eigenvalue weighted by atomic mass is 16.5. The lowest BCUT2D eigenvalue weighted by atomic mass is 10.1. The summed E-state index contributed by atoms with van der Waals surface area (Å²) in [7, 11) is 1.55. The summed E-state index contributed by atoms with van der Waals surface area (Å²) in [6.45, 7) is 5.23. The van der Waals surface area contributed by atoms with E-state index < -0.39 is 0 Å². The van der Waals surface area contributed by atoms with Crippen molar-refractivity contribution in [1.29, 1.82) is 0 Å². The third-order valence-corrected chi connectivity index (χ3v) is 3.59. The molecule has 2 amide bonds. The molecule has 2 rings (SSSR count). The number of nitrogens with zero attached hydrogens (tertiary/aromatic N) is 2. The van der Waals surface area contributed by atoms with Gasteiger partial charge < -0.3 is 14.8 Å². The Morgan fingerprint density at radius 2 is 1.84 bits per heavy atom. The van der Waals surface area contributed by atoms with Crippen LogP contribution >= 0.6 is 0 Å². The van der Waals surface area contributed by atoms with Crippen molar-refractivity contribution in [2.24, 2.45) is 5.10 Å². The minimum Gasteiger partial charge on any atom is -0.490 e. The molecule has 0 saturated heterocycles. The molecule has 1 heterocycles. The van der Waals surface area contributed by atoms with Crippen LogP contribution in [0.4, 0.5) is 5.69 Å². The minimum atomic E-state index is -0.317. The molecular formula is C18H25N3O4. The van der Waals surface area contributed by atoms with Gasteiger partial charge in [0.2, 0.25) is 5.91 Å². The van der Waals surface area contributed by atoms with Crippen LogP contribution in [0.5, 0.6) is 11.5 Å². The SMILES string of the molecule is CCCOc1ccc(NC(=O)C2=NN(C)C(=O)CC2)cc1OCCC. The number of hydrogen-bond donors (Lipinski definition) is 1. The molecule has 1 aliphatic heterocycles. The van der Waals surface area contributed by atoms with Crippen molar-refractivity contribution < 1.29 is 19.1 Å². The van der Waals surface area contributed by atoms with Crippen LogP contribution in [0.25, 0.3) is 0 Å². The van der Waals surface area contributed by atoms with Gasteiger partial charge in [0.25, 0.3) is 5.91 Å². The van der Waals surface area contributed by atoms with Crippen molar-refractivity contribution in [3.8, 4) is 11.5 Å². The van der Waals surface area contributed by atoms with Gasteiger partial charge in [-0.1, -0.05) is 13.8 Å². The Morgan fingerprint density at radius 3 is 2.48 bits per heavy atom. The van der Waals surface area contributed by atoms with Gasteiger partial charge in [-0.05, 0) is 25.0 Å². The van der Waals surface area contributed by atoms with Gasteiger partial charge in [0.15, 0.2) is 11.5 Å². The average Bonchev–Trinajstić information content (AvgIpc) is 2.61. The second kappa shape index (κ2) is 9.05. The predicted molar refractivity (Wildman–Crippen MR) is 96.1 cm³/mol. The van der Waals surface area contributed by atoms with E-state index in [1.54, 1.807) is 25.2 Å². The number of nitrogens with one attached hydrogen (secondary N) is 1. The smallest absolute Gasteiger partial charge is 0.271 e. The van der Waals surface area contributed by atoms with Crippen LogP contribution in [0, 0.1) is 0 Å². The van der Waals surface area contributed by atoms with Gasteiger partial charge in [-0.15, -0.1) is 0 Å². The highest BCUT2D eigenvalue weighted by molar-refractivity contribution is 6.43. The van der Waals surface area contributed by atoms with E-state index in [2.05, 4.69) is 10.4 Å². The summed E-state index contributed by atoms with van der Waals surface area (Å²) >= 11 is 0. The molecule has 0 spiro atoms. The van der Waals surface area contributed by atoms with Crippen LogP contribution in [0.15, 0.2) is 23.3 Å². The molecule has 0 fully saturated rings. The van der Waals surface area contributed by atoms with E-state index in [1.807, 2.05) is 13.8 Å². The number of carbonyl (C=O) groups is 2. The molecule has 1 N–H and O–H groups in total. The summed E-state index contributed by atoms with van der Waals surface area (Å²) in [5, 5.41) is 8.03. The molecule has 0 saturated carbocycles. The number of carbonyl (C=O) groups excluding carboxylic acids is 2. The molecule has 0 unspecified atom stereocenters. The molecule has 7 heteroatoms. The van der Waals surface area contributed by atoms with Gasteiger partial charge in [0, 0.05) is 31.6 Å². The summed E-state index contributed by atoms with van der Waals surface area (Å²) < 4.78 is 11.4. The van der Waals surface area contributed by atoms with Crippen molar-refractivity contribution in [2.45, 2.75) is 39.5 Å². The third kappa shape index (κ3) is 5.20. The minimum absolute atomic E-state index is 0.0933. The van der Waals surface area contributed by atoms with Gasteiger partial charge in [-0.25, -0.2) is 5.01 Å². The van der Waals surface area contributed by atoms with Gasteiger partial charge >= 0.3 is 0 Å². The Balaban J connectivity index is 2.11. The molecule has 1 aromatic rings. The lowest BCUT2D eigenvalue weighted by Gasteiger charge is -2.19. The number of benzene rings is 1. The number of anilines is 1. The fourth-order valence-corrected chi connectivity index (χ4v) is 2.28. The summed E-state index contributed by atoms with van der Waals surface area (Å²) in [6.07, 6.45) is 2.40. The van der Waals surface area contributed by atoms with Gasteiger partial charge in [-0.3, -0.25) is 9.59 Å². The van der Waals surface area contributed by atoms with Gasteiger partial charge in [-0.2, -0.15) is 5.10 Å². The molecular weight excluding hydrogens is 322 g/mol. The second-order valence-electron chi connectivity index (χ2n) is 5.78. The molecule has 1 aliphatic rings. The van der Waals surface area contributed by atoms with E-state index in [1.165, 1.54) is 5.01 Å². The van der Waals surface area contributed by atoms with Crippen molar-refractivity contribution in [3.63, 3.8) is 0 Å². The van der Waals surface area contributed by atoms with Crippen LogP contribution < -0.4 is 14.8 Å². The zero-order valence-electron chi connectivity index (χ0n) is 15.0. The van der Waals surface area contributed by atoms with Crippen LogP contribution in [0.2, 0.25) is 0 Å². The molecule has 0 aliphatic carbocycles. The zero-order valence-corrected chi connectivity index (χ0v) is 15.0. The lowest BCUT2D eigenvalue weighted by molar-refractivity contribution is -0.130. The predicted octanol–water partition coefficient (Wildman–Crippen LogP) is 2.81. The van der Waals surface area contributed by atoms with Crippen LogP contribution in [-0.4, -0.2) is 42.8 Å². The van der Waals surface area contributed by atoms with Crippen molar-refractivity contribution >= 4 is 23.2 Å². The Labute approximate surface area is 148 Å². The van der Waals surface area contributed by atoms with E-state index >= 15 is 0 Å². The zero-order chi connectivity index (χ0) is 18.2. The number of rotatable bonds is 8. The van der Waals surface area contributed by atoms with Crippen LogP contribution in [0.3, 0.4) is 0 Å². The molecule has 1 aromatic carbocycles. The topological polar surface area (TPSA) is 80.2 Å². The second-order valence-corrected chi connectivity index (χ2v) is 5.78. The maximum atomic E-state index is 12.4. The average molecular weight is 347 g/mol. The van der Waals surface area contributed by atoms with Gasteiger partial charge in [0.05, 0.1) is 13.2 Å². The first-order valence-electron chi connectivity index (χ1n) is 8.60. The quantitative estimate of drug-likeness (QED) is 0.784. The monoisotopic (exact) mass is 347 g/mol. The number of ether oxygens (including phenoxy) is 2. The molecule has 0 aromatic heterocycles. The molecule has 0 bridgehead atoms. The fraction of sp³-hybridized carbons (Fsp3) is 0.500. The number of hydrogen-bond acceptors (Lipinski definition) is 5. The summed E-state index contributed by atoms with van der Waals surface area (Å²) in [6, 6.07) is 5.30. The number of amides is 2. The highest BCUT2D eigenvalue weighted by Gasteiger charge is 2.22. The van der Waals surface area contributed by atoms with E-state index in [4.69, 9.17) is 9.47 Å².